The molecule has 194 valence electrons. The fourth-order valence-corrected chi connectivity index (χ4v) is 8.21. The number of rotatable bonds is 4. The molecule has 0 amide bonds. The second-order valence-corrected chi connectivity index (χ2v) is 13.8. The molecular weight excluding hydrogens is 563 g/mol. The average Bonchev–Trinajstić information content (AvgIpc) is 2.91. The molecule has 4 aliphatic rings. The third-order valence-corrected chi connectivity index (χ3v) is 10.6. The largest absolute Gasteiger partial charge is 0.282 e. The van der Waals surface area contributed by atoms with Gasteiger partial charge in [-0.15, -0.1) is 0 Å². The van der Waals surface area contributed by atoms with Gasteiger partial charge in [0.1, 0.15) is 0 Å². The summed E-state index contributed by atoms with van der Waals surface area (Å²) in [7, 11) is -8.10. The minimum atomic E-state index is -4.05. The first-order valence-corrected chi connectivity index (χ1v) is 15.8. The van der Waals surface area contributed by atoms with E-state index in [0.29, 0.717) is 32.6 Å². The normalized spacial score (nSPS) is 26.4. The van der Waals surface area contributed by atoms with Crippen molar-refractivity contribution in [2.24, 2.45) is 32.5 Å². The topological polar surface area (TPSA) is 93.0 Å². The standard InChI is InChI=1S/C28H22Cl2N2O4S2/c29-19-9-13-21(14-10-19)37(33,34)31-27-23-3-1-2-4-24(23)28(26-18-7-5-17(6-8-18)25(26)27)32-38(35,36)22-15-11-20(30)12-16-22/h1-5,7,9-18,25-26H,6,8H2/t17-,18-,25-,26+/m1/s1. The van der Waals surface area contributed by atoms with Gasteiger partial charge in [0.25, 0.3) is 20.0 Å². The second kappa shape index (κ2) is 9.45. The van der Waals surface area contributed by atoms with Gasteiger partial charge in [-0.1, -0.05) is 59.6 Å². The highest BCUT2D eigenvalue weighted by Crippen LogP contribution is 2.51. The van der Waals surface area contributed by atoms with E-state index >= 15 is 0 Å². The quantitative estimate of drug-likeness (QED) is 0.342. The molecule has 0 aliphatic heterocycles. The summed E-state index contributed by atoms with van der Waals surface area (Å²) in [6.45, 7) is 0. The minimum Gasteiger partial charge on any atom is -0.199 e. The molecule has 1 fully saturated rings. The fourth-order valence-electron chi connectivity index (χ4n) is 5.83. The molecular formula is C28H22Cl2N2O4S2. The van der Waals surface area contributed by atoms with Crippen molar-refractivity contribution in [2.75, 3.05) is 0 Å². The average molecular weight is 586 g/mol. The van der Waals surface area contributed by atoms with E-state index in [4.69, 9.17) is 23.2 Å². The summed E-state index contributed by atoms with van der Waals surface area (Å²) in [6.07, 6.45) is 5.95. The van der Waals surface area contributed by atoms with E-state index in [1.165, 1.54) is 48.5 Å². The van der Waals surface area contributed by atoms with Gasteiger partial charge in [-0.05, 0) is 73.2 Å². The van der Waals surface area contributed by atoms with Crippen LogP contribution < -0.4 is 0 Å². The van der Waals surface area contributed by atoms with E-state index in [1.807, 2.05) is 0 Å². The van der Waals surface area contributed by atoms with E-state index in [9.17, 15) is 16.8 Å². The van der Waals surface area contributed by atoms with Gasteiger partial charge in [-0.3, -0.25) is 0 Å². The number of hydrogen-bond acceptors (Lipinski definition) is 4. The van der Waals surface area contributed by atoms with Crippen molar-refractivity contribution in [1.82, 2.24) is 0 Å². The first-order chi connectivity index (χ1) is 18.1. The lowest BCUT2D eigenvalue weighted by Gasteiger charge is -2.48. The van der Waals surface area contributed by atoms with Gasteiger partial charge in [0.05, 0.1) is 21.2 Å². The van der Waals surface area contributed by atoms with Gasteiger partial charge in [0, 0.05) is 33.0 Å². The molecule has 0 heterocycles. The maximum Gasteiger partial charge on any atom is 0.282 e. The molecule has 3 aromatic rings. The number of halogens is 2. The molecule has 0 radical (unpaired) electrons. The molecule has 3 aromatic carbocycles. The van der Waals surface area contributed by atoms with Crippen LogP contribution in [0.2, 0.25) is 10.0 Å². The zero-order valence-corrected chi connectivity index (χ0v) is 23.1. The molecule has 4 aliphatic carbocycles. The summed E-state index contributed by atoms with van der Waals surface area (Å²) in [5.74, 6) is -0.619. The van der Waals surface area contributed by atoms with Crippen LogP contribution in [0.3, 0.4) is 0 Å². The van der Waals surface area contributed by atoms with Crippen LogP contribution in [0, 0.1) is 23.7 Å². The predicted molar refractivity (Wildman–Crippen MR) is 149 cm³/mol. The number of hydrogen-bond donors (Lipinski definition) is 0. The highest BCUT2D eigenvalue weighted by molar-refractivity contribution is 7.90. The Balaban J connectivity index is 1.57. The lowest BCUT2D eigenvalue weighted by molar-refractivity contribution is 0.226. The molecule has 6 nitrogen and oxygen atoms in total. The van der Waals surface area contributed by atoms with Crippen molar-refractivity contribution >= 4 is 54.7 Å². The van der Waals surface area contributed by atoms with Crippen molar-refractivity contribution in [3.05, 3.63) is 106 Å². The zero-order chi connectivity index (χ0) is 26.7. The van der Waals surface area contributed by atoms with Crippen molar-refractivity contribution in [3.8, 4) is 0 Å². The molecule has 0 saturated heterocycles. The Morgan fingerprint density at radius 2 is 0.947 bits per heavy atom. The highest BCUT2D eigenvalue weighted by atomic mass is 35.5. The lowest BCUT2D eigenvalue weighted by Crippen LogP contribution is -2.49. The molecule has 0 N–H and O–H groups in total. The van der Waals surface area contributed by atoms with Crippen LogP contribution in [0.25, 0.3) is 0 Å². The molecule has 7 rings (SSSR count). The molecule has 38 heavy (non-hydrogen) atoms. The summed E-state index contributed by atoms with van der Waals surface area (Å²) in [6, 6.07) is 19.0. The SMILES string of the molecule is O=S(=O)(N=C1c2ccccc2C(=NS(=O)(=O)c2ccc(Cl)cc2)[C@H]2[C@@H]1[C@@H]1C=C[C@@H]2CC1)c1ccc(Cl)cc1. The monoisotopic (exact) mass is 584 g/mol. The van der Waals surface area contributed by atoms with Crippen molar-refractivity contribution in [3.63, 3.8) is 0 Å². The zero-order valence-electron chi connectivity index (χ0n) is 19.9. The Morgan fingerprint density at radius 1 is 0.579 bits per heavy atom. The summed E-state index contributed by atoms with van der Waals surface area (Å²) in [5, 5.41) is 0.856. The number of benzene rings is 3. The van der Waals surface area contributed by atoms with Crippen LogP contribution >= 0.6 is 23.2 Å². The van der Waals surface area contributed by atoms with E-state index in [-0.39, 0.29) is 33.5 Å². The van der Waals surface area contributed by atoms with Gasteiger partial charge in [0.15, 0.2) is 0 Å². The Labute approximate surface area is 231 Å². The third kappa shape index (κ3) is 4.43. The maximum atomic E-state index is 13.4. The molecule has 0 spiro atoms. The summed E-state index contributed by atoms with van der Waals surface area (Å²) < 4.78 is 62.6. The van der Waals surface area contributed by atoms with Gasteiger partial charge >= 0.3 is 0 Å². The summed E-state index contributed by atoms with van der Waals surface area (Å²) in [4.78, 5) is 0.0921. The van der Waals surface area contributed by atoms with Crippen LogP contribution in [0.15, 0.2) is 104 Å². The first kappa shape index (κ1) is 25.5. The molecule has 0 unspecified atom stereocenters. The van der Waals surface area contributed by atoms with E-state index < -0.39 is 20.0 Å². The van der Waals surface area contributed by atoms with Gasteiger partial charge < -0.3 is 0 Å². The maximum absolute atomic E-state index is 13.4. The Bertz CT molecular complexity index is 1600. The predicted octanol–water partition coefficient (Wildman–Crippen LogP) is 6.19. The second-order valence-electron chi connectivity index (χ2n) is 9.70. The molecule has 1 saturated carbocycles. The number of fused-ring (bicyclic) bond motifs is 2. The number of nitrogens with zero attached hydrogens (tertiary/aromatic N) is 2. The minimum absolute atomic E-state index is 0.0148. The summed E-state index contributed by atoms with van der Waals surface area (Å²) >= 11 is 11.9. The Hall–Kier alpha value is -2.78. The lowest BCUT2D eigenvalue weighted by atomic mass is 9.55. The third-order valence-electron chi connectivity index (χ3n) is 7.52. The van der Waals surface area contributed by atoms with Crippen LogP contribution in [-0.2, 0) is 20.0 Å². The van der Waals surface area contributed by atoms with Gasteiger partial charge in [-0.25, -0.2) is 0 Å². The Morgan fingerprint density at radius 3 is 1.29 bits per heavy atom. The number of allylic oxidation sites excluding steroid dienone is 2. The van der Waals surface area contributed by atoms with Crippen molar-refractivity contribution in [1.29, 1.82) is 0 Å². The molecule has 10 heteroatoms. The van der Waals surface area contributed by atoms with Crippen LogP contribution in [-0.4, -0.2) is 28.3 Å². The van der Waals surface area contributed by atoms with Crippen LogP contribution in [0.1, 0.15) is 24.0 Å². The fraction of sp³-hybridized carbons (Fsp3) is 0.214. The molecule has 0 aromatic heterocycles. The first-order valence-electron chi connectivity index (χ1n) is 12.1. The van der Waals surface area contributed by atoms with Crippen molar-refractivity contribution < 1.29 is 16.8 Å². The van der Waals surface area contributed by atoms with Crippen molar-refractivity contribution in [2.45, 2.75) is 22.6 Å². The Kier molecular flexibility index (Phi) is 6.34. The molecule has 2 bridgehead atoms. The van der Waals surface area contributed by atoms with Gasteiger partial charge in [0.2, 0.25) is 0 Å². The number of sulfonamides is 2. The summed E-state index contributed by atoms with van der Waals surface area (Å²) in [5.41, 5.74) is 2.06. The van der Waals surface area contributed by atoms with E-state index in [0.717, 1.165) is 12.8 Å². The highest BCUT2D eigenvalue weighted by Gasteiger charge is 2.50. The van der Waals surface area contributed by atoms with E-state index in [2.05, 4.69) is 20.9 Å². The van der Waals surface area contributed by atoms with Crippen LogP contribution in [0.5, 0.6) is 0 Å². The molecule has 4 atom stereocenters. The smallest absolute Gasteiger partial charge is 0.199 e. The van der Waals surface area contributed by atoms with E-state index in [1.54, 1.807) is 24.3 Å². The van der Waals surface area contributed by atoms with Crippen LogP contribution in [0.4, 0.5) is 0 Å². The van der Waals surface area contributed by atoms with Gasteiger partial charge in [-0.2, -0.15) is 25.6 Å².